The number of carbonyl (C=O) groups is 1. The largest absolute Gasteiger partial charge is 0.480 e. The Labute approximate surface area is 99.6 Å². The van der Waals surface area contributed by atoms with Crippen molar-refractivity contribution >= 4 is 17.3 Å². The summed E-state index contributed by atoms with van der Waals surface area (Å²) in [7, 11) is 0. The normalized spacial score (nSPS) is 12.5. The molecule has 0 aromatic carbocycles. The molecule has 0 bridgehead atoms. The van der Waals surface area contributed by atoms with Crippen LogP contribution in [0.4, 0.5) is 0 Å². The third-order valence-electron chi connectivity index (χ3n) is 2.28. The van der Waals surface area contributed by atoms with Crippen LogP contribution in [0, 0.1) is 0 Å². The van der Waals surface area contributed by atoms with Crippen LogP contribution in [0.25, 0.3) is 10.6 Å². The number of carboxylic acids is 1. The van der Waals surface area contributed by atoms with E-state index < -0.39 is 17.6 Å². The van der Waals surface area contributed by atoms with Crippen molar-refractivity contribution in [3.05, 3.63) is 33.4 Å². The van der Waals surface area contributed by atoms with Gasteiger partial charge in [-0.05, 0) is 11.4 Å². The van der Waals surface area contributed by atoms with E-state index in [4.69, 9.17) is 15.4 Å². The number of aromatic amines is 1. The van der Waals surface area contributed by atoms with E-state index in [1.807, 2.05) is 11.4 Å². The number of hydrogen-bond acceptors (Lipinski definition) is 5. The molecule has 0 aliphatic heterocycles. The average molecular weight is 254 g/mol. The van der Waals surface area contributed by atoms with Crippen LogP contribution in [0.2, 0.25) is 0 Å². The maximum Gasteiger partial charge on any atom is 0.320 e. The quantitative estimate of drug-likeness (QED) is 0.742. The zero-order chi connectivity index (χ0) is 12.4. The highest BCUT2D eigenvalue weighted by Gasteiger charge is 2.21. The van der Waals surface area contributed by atoms with E-state index in [-0.39, 0.29) is 12.0 Å². The summed E-state index contributed by atoms with van der Waals surface area (Å²) in [5.74, 6) is -0.788. The van der Waals surface area contributed by atoms with Gasteiger partial charge in [-0.3, -0.25) is 9.59 Å². The van der Waals surface area contributed by atoms with Gasteiger partial charge in [0.2, 0.25) is 0 Å². The molecule has 7 heteroatoms. The summed E-state index contributed by atoms with van der Waals surface area (Å²) < 4.78 is 5.04. The van der Waals surface area contributed by atoms with E-state index >= 15 is 0 Å². The molecule has 0 fully saturated rings. The Kier molecular flexibility index (Phi) is 3.12. The first-order valence-electron chi connectivity index (χ1n) is 4.82. The molecule has 2 aromatic heterocycles. The first-order valence-corrected chi connectivity index (χ1v) is 5.70. The third-order valence-corrected chi connectivity index (χ3v) is 3.15. The van der Waals surface area contributed by atoms with Gasteiger partial charge >= 0.3 is 5.97 Å². The fourth-order valence-corrected chi connectivity index (χ4v) is 2.16. The summed E-state index contributed by atoms with van der Waals surface area (Å²) >= 11 is 1.40. The summed E-state index contributed by atoms with van der Waals surface area (Å²) in [6, 6.07) is 2.48. The first-order chi connectivity index (χ1) is 8.09. The van der Waals surface area contributed by atoms with Gasteiger partial charge in [-0.1, -0.05) is 6.07 Å². The van der Waals surface area contributed by atoms with E-state index in [9.17, 15) is 9.59 Å². The molecule has 17 heavy (non-hydrogen) atoms. The van der Waals surface area contributed by atoms with Crippen molar-refractivity contribution in [3.8, 4) is 10.6 Å². The zero-order valence-electron chi connectivity index (χ0n) is 8.67. The molecule has 0 spiro atoms. The van der Waals surface area contributed by atoms with Crippen LogP contribution >= 0.6 is 11.3 Å². The molecule has 0 amide bonds. The van der Waals surface area contributed by atoms with E-state index in [1.54, 1.807) is 6.07 Å². The highest BCUT2D eigenvalue weighted by atomic mass is 32.1. The molecular weight excluding hydrogens is 244 g/mol. The number of nitrogens with one attached hydrogen (secondary N) is 1. The lowest BCUT2D eigenvalue weighted by atomic mass is 10.1. The first kappa shape index (κ1) is 11.6. The standard InChI is InChI=1S/C10H10N2O4S/c11-6(10(14)15)4-5-8(16-12-9(5)13)7-2-1-3-17-7/h1-3,6H,4,11H2,(H,12,13)(H,14,15). The molecule has 0 saturated carbocycles. The Balaban J connectivity index is 2.37. The fraction of sp³-hybridized carbons (Fsp3) is 0.200. The average Bonchev–Trinajstić information content (AvgIpc) is 2.89. The van der Waals surface area contributed by atoms with Crippen molar-refractivity contribution in [2.45, 2.75) is 12.5 Å². The lowest BCUT2D eigenvalue weighted by Gasteiger charge is -2.03. The molecule has 0 radical (unpaired) electrons. The number of H-pyrrole nitrogens is 1. The molecule has 90 valence electrons. The Hall–Kier alpha value is -1.86. The highest BCUT2D eigenvalue weighted by Crippen LogP contribution is 2.26. The lowest BCUT2D eigenvalue weighted by molar-refractivity contribution is -0.138. The van der Waals surface area contributed by atoms with E-state index in [1.165, 1.54) is 11.3 Å². The van der Waals surface area contributed by atoms with Gasteiger partial charge in [-0.2, -0.15) is 5.16 Å². The van der Waals surface area contributed by atoms with Crippen molar-refractivity contribution in [2.24, 2.45) is 5.73 Å². The topological polar surface area (TPSA) is 109 Å². The summed E-state index contributed by atoms with van der Waals surface area (Å²) in [5.41, 5.74) is 5.23. The number of aliphatic carboxylic acids is 1. The summed E-state index contributed by atoms with van der Waals surface area (Å²) in [5, 5.41) is 12.8. The SMILES string of the molecule is NC(Cc1c(-c2cccs2)o[nH]c1=O)C(=O)O. The Bertz CT molecular complexity index is 569. The molecule has 1 atom stereocenters. The molecule has 4 N–H and O–H groups in total. The van der Waals surface area contributed by atoms with Crippen LogP contribution in [-0.2, 0) is 11.2 Å². The molecule has 0 aliphatic carbocycles. The molecule has 2 heterocycles. The minimum atomic E-state index is -1.15. The van der Waals surface area contributed by atoms with Crippen molar-refractivity contribution in [3.63, 3.8) is 0 Å². The van der Waals surface area contributed by atoms with Gasteiger partial charge in [-0.15, -0.1) is 11.3 Å². The second kappa shape index (κ2) is 4.56. The van der Waals surface area contributed by atoms with Gasteiger partial charge in [0.1, 0.15) is 6.04 Å². The minimum Gasteiger partial charge on any atom is -0.480 e. The van der Waals surface area contributed by atoms with Gasteiger partial charge < -0.3 is 15.4 Å². The Morgan fingerprint density at radius 2 is 2.41 bits per heavy atom. The van der Waals surface area contributed by atoms with Gasteiger partial charge in [0.25, 0.3) is 5.56 Å². The van der Waals surface area contributed by atoms with Crippen molar-refractivity contribution in [1.29, 1.82) is 0 Å². The highest BCUT2D eigenvalue weighted by molar-refractivity contribution is 7.13. The van der Waals surface area contributed by atoms with Crippen molar-refractivity contribution < 1.29 is 14.4 Å². The predicted molar refractivity (Wildman–Crippen MR) is 62.0 cm³/mol. The minimum absolute atomic E-state index is 0.0611. The van der Waals surface area contributed by atoms with Crippen LogP contribution in [0.15, 0.2) is 26.8 Å². The third kappa shape index (κ3) is 2.29. The van der Waals surface area contributed by atoms with Gasteiger partial charge in [-0.25, -0.2) is 0 Å². The molecule has 1 unspecified atom stereocenters. The van der Waals surface area contributed by atoms with Crippen molar-refractivity contribution in [1.82, 2.24) is 5.16 Å². The van der Waals surface area contributed by atoms with Crippen LogP contribution < -0.4 is 11.3 Å². The van der Waals surface area contributed by atoms with E-state index in [2.05, 4.69) is 5.16 Å². The van der Waals surface area contributed by atoms with Crippen LogP contribution in [0.1, 0.15) is 5.56 Å². The summed E-state index contributed by atoms with van der Waals surface area (Å²) in [6.45, 7) is 0. The smallest absolute Gasteiger partial charge is 0.320 e. The number of rotatable bonds is 4. The number of carboxylic acid groups (broad SMARTS) is 1. The van der Waals surface area contributed by atoms with Gasteiger partial charge in [0, 0.05) is 6.42 Å². The molecular formula is C10H10N2O4S. The number of nitrogens with two attached hydrogens (primary N) is 1. The monoisotopic (exact) mass is 254 g/mol. The fourth-order valence-electron chi connectivity index (χ4n) is 1.42. The van der Waals surface area contributed by atoms with E-state index in [0.29, 0.717) is 5.76 Å². The maximum atomic E-state index is 11.5. The molecule has 0 saturated heterocycles. The van der Waals surface area contributed by atoms with Crippen LogP contribution in [0.3, 0.4) is 0 Å². The molecule has 2 aromatic rings. The Morgan fingerprint density at radius 3 is 3.00 bits per heavy atom. The lowest BCUT2D eigenvalue weighted by Crippen LogP contribution is -2.33. The summed E-state index contributed by atoms with van der Waals surface area (Å²) in [4.78, 5) is 22.9. The van der Waals surface area contributed by atoms with Gasteiger partial charge in [0.05, 0.1) is 10.4 Å². The van der Waals surface area contributed by atoms with Gasteiger partial charge in [0.15, 0.2) is 5.76 Å². The second-order valence-electron chi connectivity index (χ2n) is 3.47. The second-order valence-corrected chi connectivity index (χ2v) is 4.41. The van der Waals surface area contributed by atoms with Crippen LogP contribution in [-0.4, -0.2) is 22.3 Å². The summed E-state index contributed by atoms with van der Waals surface area (Å²) in [6.07, 6.45) is -0.0611. The Morgan fingerprint density at radius 1 is 1.65 bits per heavy atom. The predicted octanol–water partition coefficient (Wildman–Crippen LogP) is 0.651. The molecule has 6 nitrogen and oxygen atoms in total. The zero-order valence-corrected chi connectivity index (χ0v) is 9.49. The molecule has 2 rings (SSSR count). The van der Waals surface area contributed by atoms with Crippen LogP contribution in [0.5, 0.6) is 0 Å². The number of hydrogen-bond donors (Lipinski definition) is 3. The van der Waals surface area contributed by atoms with E-state index in [0.717, 1.165) is 4.88 Å². The number of aromatic nitrogens is 1. The number of thiophene rings is 1. The molecule has 0 aliphatic rings. The van der Waals surface area contributed by atoms with Crippen molar-refractivity contribution in [2.75, 3.05) is 0 Å². The maximum absolute atomic E-state index is 11.5.